The van der Waals surface area contributed by atoms with Crippen LogP contribution < -0.4 is 15.4 Å². The standard InChI is InChI=1S/C32H45N9O3/c1-22-10-13-38(18-22)29-17-33-16-27(34-29)28-21-41(36-35-28)23(2)39-14-11-25(15-30(39)42)37-12-6-7-26(20-37)40(19-24-8-9-24)31(43)44-32(3,4)5/h11,14-17,21-24,26H,6-10,12-13,18-20H2,1-5H3/t22-,23?,26+/m0/s1. The van der Waals surface area contributed by atoms with Crippen molar-refractivity contribution in [2.45, 2.75) is 84.5 Å². The van der Waals surface area contributed by atoms with Crippen LogP contribution in [0.25, 0.3) is 11.4 Å². The third kappa shape index (κ3) is 6.89. The van der Waals surface area contributed by atoms with Gasteiger partial charge in [0.25, 0.3) is 5.56 Å². The lowest BCUT2D eigenvalue weighted by Crippen LogP contribution is -2.52. The molecule has 1 amide bonds. The molecule has 5 heterocycles. The number of nitrogens with zero attached hydrogens (tertiary/aromatic N) is 9. The summed E-state index contributed by atoms with van der Waals surface area (Å²) >= 11 is 0. The lowest BCUT2D eigenvalue weighted by Gasteiger charge is -2.40. The van der Waals surface area contributed by atoms with Crippen LogP contribution >= 0.6 is 0 Å². The maximum absolute atomic E-state index is 13.4. The second-order valence-electron chi connectivity index (χ2n) is 13.8. The Balaban J connectivity index is 1.15. The summed E-state index contributed by atoms with van der Waals surface area (Å²) in [5, 5.41) is 8.68. The third-order valence-corrected chi connectivity index (χ3v) is 8.84. The number of pyridine rings is 1. The van der Waals surface area contributed by atoms with Crippen molar-refractivity contribution in [1.82, 2.24) is 34.4 Å². The number of hydrogen-bond donors (Lipinski definition) is 0. The van der Waals surface area contributed by atoms with E-state index in [0.717, 1.165) is 69.8 Å². The van der Waals surface area contributed by atoms with Gasteiger partial charge in [-0.05, 0) is 77.7 Å². The highest BCUT2D eigenvalue weighted by Gasteiger charge is 2.36. The predicted molar refractivity (Wildman–Crippen MR) is 169 cm³/mol. The van der Waals surface area contributed by atoms with Crippen LogP contribution in [-0.2, 0) is 4.74 Å². The van der Waals surface area contributed by atoms with E-state index in [4.69, 9.17) is 9.72 Å². The highest BCUT2D eigenvalue weighted by atomic mass is 16.6. The Hall–Kier alpha value is -3.96. The van der Waals surface area contributed by atoms with Crippen LogP contribution in [0, 0.1) is 11.8 Å². The number of anilines is 2. The van der Waals surface area contributed by atoms with Gasteiger partial charge in [-0.3, -0.25) is 14.3 Å². The van der Waals surface area contributed by atoms with Crippen LogP contribution in [0.2, 0.25) is 0 Å². The molecule has 2 aliphatic heterocycles. The fraction of sp³-hybridized carbons (Fsp3) is 0.625. The summed E-state index contributed by atoms with van der Waals surface area (Å²) in [4.78, 5) is 42.2. The summed E-state index contributed by atoms with van der Waals surface area (Å²) in [6.45, 7) is 14.1. The molecule has 236 valence electrons. The van der Waals surface area contributed by atoms with Gasteiger partial charge in [0.15, 0.2) is 0 Å². The zero-order valence-electron chi connectivity index (χ0n) is 26.6. The first-order chi connectivity index (χ1) is 21.0. The lowest BCUT2D eigenvalue weighted by molar-refractivity contribution is 0.0134. The molecule has 3 aromatic heterocycles. The van der Waals surface area contributed by atoms with Gasteiger partial charge in [-0.1, -0.05) is 12.1 Å². The second-order valence-corrected chi connectivity index (χ2v) is 13.8. The summed E-state index contributed by atoms with van der Waals surface area (Å²) in [7, 11) is 0. The molecule has 0 aromatic carbocycles. The Bertz CT molecular complexity index is 1530. The summed E-state index contributed by atoms with van der Waals surface area (Å²) in [5.41, 5.74) is 1.47. The van der Waals surface area contributed by atoms with Gasteiger partial charge >= 0.3 is 6.09 Å². The van der Waals surface area contributed by atoms with Crippen molar-refractivity contribution in [1.29, 1.82) is 0 Å². The fourth-order valence-electron chi connectivity index (χ4n) is 6.18. The third-order valence-electron chi connectivity index (χ3n) is 8.84. The van der Waals surface area contributed by atoms with E-state index in [0.29, 0.717) is 29.8 Å². The topological polar surface area (TPSA) is 115 Å². The van der Waals surface area contributed by atoms with E-state index in [1.165, 1.54) is 0 Å². The summed E-state index contributed by atoms with van der Waals surface area (Å²) < 4.78 is 9.11. The number of aromatic nitrogens is 6. The van der Waals surface area contributed by atoms with E-state index in [1.54, 1.807) is 27.7 Å². The quantitative estimate of drug-likeness (QED) is 0.369. The summed E-state index contributed by atoms with van der Waals surface area (Å²) in [6, 6.07) is 3.70. The molecule has 0 bridgehead atoms. The largest absolute Gasteiger partial charge is 0.444 e. The normalized spacial score (nSPS) is 21.4. The number of carbonyl (C=O) groups is 1. The number of piperidine rings is 1. The van der Waals surface area contributed by atoms with Gasteiger partial charge in [0.05, 0.1) is 24.6 Å². The molecule has 3 fully saturated rings. The molecular weight excluding hydrogens is 558 g/mol. The molecule has 1 saturated carbocycles. The molecule has 6 rings (SSSR count). The number of amides is 1. The Labute approximate surface area is 259 Å². The molecule has 12 heteroatoms. The second kappa shape index (κ2) is 12.2. The number of ether oxygens (including phenoxy) is 1. The van der Waals surface area contributed by atoms with Crippen molar-refractivity contribution in [3.8, 4) is 11.4 Å². The molecule has 1 aliphatic carbocycles. The Morgan fingerprint density at radius 1 is 1.09 bits per heavy atom. The Kier molecular flexibility index (Phi) is 8.34. The van der Waals surface area contributed by atoms with Gasteiger partial charge in [0.2, 0.25) is 0 Å². The number of rotatable bonds is 8. The first kappa shape index (κ1) is 30.1. The van der Waals surface area contributed by atoms with E-state index in [9.17, 15) is 9.59 Å². The minimum atomic E-state index is -0.539. The van der Waals surface area contributed by atoms with Crippen molar-refractivity contribution in [2.75, 3.05) is 42.5 Å². The number of carbonyl (C=O) groups excluding carboxylic acids is 1. The molecule has 0 N–H and O–H groups in total. The fourth-order valence-corrected chi connectivity index (χ4v) is 6.18. The van der Waals surface area contributed by atoms with Crippen molar-refractivity contribution in [3.05, 3.63) is 47.3 Å². The molecule has 12 nitrogen and oxygen atoms in total. The van der Waals surface area contributed by atoms with E-state index < -0.39 is 5.60 Å². The van der Waals surface area contributed by atoms with Crippen LogP contribution in [0.3, 0.4) is 0 Å². The van der Waals surface area contributed by atoms with Crippen LogP contribution in [0.1, 0.15) is 72.9 Å². The molecule has 3 aromatic rings. The SMILES string of the molecule is CC(n1cc(-c2cncc(N3CC[C@H](C)C3)n2)nn1)n1ccc(N2CCC[C@@H](N(CC3CC3)C(=O)OC(C)(C)C)C2)cc1=O. The van der Waals surface area contributed by atoms with Gasteiger partial charge < -0.3 is 19.4 Å². The van der Waals surface area contributed by atoms with Gasteiger partial charge in [-0.15, -0.1) is 5.10 Å². The smallest absolute Gasteiger partial charge is 0.410 e. The lowest BCUT2D eigenvalue weighted by atomic mass is 10.0. The molecule has 3 atom stereocenters. The molecule has 0 radical (unpaired) electrons. The first-order valence-electron chi connectivity index (χ1n) is 16.0. The molecular formula is C32H45N9O3. The van der Waals surface area contributed by atoms with E-state index >= 15 is 0 Å². The van der Waals surface area contributed by atoms with E-state index in [-0.39, 0.29) is 23.9 Å². The van der Waals surface area contributed by atoms with Crippen LogP contribution in [0.5, 0.6) is 0 Å². The monoisotopic (exact) mass is 603 g/mol. The van der Waals surface area contributed by atoms with E-state index in [1.807, 2.05) is 51.1 Å². The van der Waals surface area contributed by atoms with Crippen LogP contribution in [-0.4, -0.2) is 84.9 Å². The highest BCUT2D eigenvalue weighted by molar-refractivity contribution is 5.69. The number of hydrogen-bond acceptors (Lipinski definition) is 9. The summed E-state index contributed by atoms with van der Waals surface area (Å²) in [5.74, 6) is 2.05. The average molecular weight is 604 g/mol. The molecule has 0 spiro atoms. The zero-order chi connectivity index (χ0) is 31.0. The van der Waals surface area contributed by atoms with Crippen LogP contribution in [0.4, 0.5) is 16.3 Å². The van der Waals surface area contributed by atoms with E-state index in [2.05, 4.69) is 32.0 Å². The minimum Gasteiger partial charge on any atom is -0.444 e. The molecule has 2 saturated heterocycles. The van der Waals surface area contributed by atoms with Crippen LogP contribution in [0.15, 0.2) is 41.7 Å². The maximum atomic E-state index is 13.4. The van der Waals surface area contributed by atoms with Crippen molar-refractivity contribution in [2.24, 2.45) is 11.8 Å². The minimum absolute atomic E-state index is 0.0459. The molecule has 44 heavy (non-hydrogen) atoms. The van der Waals surface area contributed by atoms with Crippen molar-refractivity contribution >= 4 is 17.6 Å². The Morgan fingerprint density at radius 3 is 2.61 bits per heavy atom. The zero-order valence-corrected chi connectivity index (χ0v) is 26.6. The predicted octanol–water partition coefficient (Wildman–Crippen LogP) is 4.43. The Morgan fingerprint density at radius 2 is 1.91 bits per heavy atom. The van der Waals surface area contributed by atoms with Gasteiger partial charge in [0.1, 0.15) is 29.0 Å². The summed E-state index contributed by atoms with van der Waals surface area (Å²) in [6.07, 6.45) is 11.8. The van der Waals surface area contributed by atoms with Gasteiger partial charge in [0, 0.05) is 50.7 Å². The molecule has 3 aliphatic rings. The first-order valence-corrected chi connectivity index (χ1v) is 16.0. The van der Waals surface area contributed by atoms with Gasteiger partial charge in [-0.2, -0.15) is 0 Å². The average Bonchev–Trinajstić information content (AvgIpc) is 3.48. The van der Waals surface area contributed by atoms with Gasteiger partial charge in [-0.25, -0.2) is 14.5 Å². The molecule has 1 unspecified atom stereocenters. The maximum Gasteiger partial charge on any atom is 0.410 e. The van der Waals surface area contributed by atoms with Crippen molar-refractivity contribution in [3.63, 3.8) is 0 Å². The van der Waals surface area contributed by atoms with Crippen molar-refractivity contribution < 1.29 is 9.53 Å². The highest BCUT2D eigenvalue weighted by Crippen LogP contribution is 2.33.